The molecule has 2 aliphatic heterocycles. The molecule has 0 spiro atoms. The molecule has 0 aromatic heterocycles. The number of morpholine rings is 1. The van der Waals surface area contributed by atoms with Crippen LogP contribution in [0.15, 0.2) is 29.2 Å². The number of hydrogen-bond acceptors (Lipinski definition) is 5. The van der Waals surface area contributed by atoms with Crippen LogP contribution in [-0.2, 0) is 26.1 Å². The Morgan fingerprint density at radius 1 is 1.19 bits per heavy atom. The molecule has 2 N–H and O–H groups in total. The minimum absolute atomic E-state index is 0.0435. The molecular weight excluding hydrogens is 354 g/mol. The third kappa shape index (κ3) is 5.03. The fraction of sp³-hybridized carbons (Fsp3) is 0.611. The first-order chi connectivity index (χ1) is 12.6. The predicted molar refractivity (Wildman–Crippen MR) is 98.1 cm³/mol. The molecule has 2 heterocycles. The lowest BCUT2D eigenvalue weighted by Gasteiger charge is -2.25. The van der Waals surface area contributed by atoms with E-state index < -0.39 is 10.0 Å². The van der Waals surface area contributed by atoms with Crippen molar-refractivity contribution in [1.82, 2.24) is 14.9 Å². The van der Waals surface area contributed by atoms with Crippen LogP contribution in [0.25, 0.3) is 0 Å². The molecule has 26 heavy (non-hydrogen) atoms. The fourth-order valence-electron chi connectivity index (χ4n) is 3.28. The zero-order valence-corrected chi connectivity index (χ0v) is 15.8. The number of amides is 1. The van der Waals surface area contributed by atoms with Crippen LogP contribution in [0.3, 0.4) is 0 Å². The van der Waals surface area contributed by atoms with Gasteiger partial charge in [0.05, 0.1) is 18.1 Å². The second kappa shape index (κ2) is 8.94. The van der Waals surface area contributed by atoms with Gasteiger partial charge in [-0.05, 0) is 30.5 Å². The summed E-state index contributed by atoms with van der Waals surface area (Å²) >= 11 is 0. The highest BCUT2D eigenvalue weighted by Crippen LogP contribution is 2.20. The van der Waals surface area contributed by atoms with E-state index in [1.165, 1.54) is 0 Å². The molecule has 0 aliphatic carbocycles. The Labute approximate surface area is 155 Å². The van der Waals surface area contributed by atoms with Crippen LogP contribution in [0.4, 0.5) is 0 Å². The number of ether oxygens (including phenoxy) is 1. The SMILES string of the molecule is O=C(CC1COCCN1)NCc1ccc(S(=O)(=O)N2CCCCC2)cc1. The molecule has 7 nitrogen and oxygen atoms in total. The third-order valence-corrected chi connectivity index (χ3v) is 6.71. The summed E-state index contributed by atoms with van der Waals surface area (Å²) in [5.41, 5.74) is 0.879. The maximum absolute atomic E-state index is 12.6. The van der Waals surface area contributed by atoms with E-state index in [-0.39, 0.29) is 11.9 Å². The van der Waals surface area contributed by atoms with Crippen molar-refractivity contribution in [3.8, 4) is 0 Å². The van der Waals surface area contributed by atoms with Crippen molar-refractivity contribution in [2.75, 3.05) is 32.8 Å². The van der Waals surface area contributed by atoms with E-state index in [9.17, 15) is 13.2 Å². The second-order valence-corrected chi connectivity index (χ2v) is 8.75. The van der Waals surface area contributed by atoms with Crippen LogP contribution in [0.2, 0.25) is 0 Å². The summed E-state index contributed by atoms with van der Waals surface area (Å²) in [6.45, 7) is 3.58. The Kier molecular flexibility index (Phi) is 6.63. The summed E-state index contributed by atoms with van der Waals surface area (Å²) in [4.78, 5) is 12.3. The highest BCUT2D eigenvalue weighted by molar-refractivity contribution is 7.89. The average Bonchev–Trinajstić information content (AvgIpc) is 2.68. The number of nitrogens with one attached hydrogen (secondary N) is 2. The first-order valence-electron chi connectivity index (χ1n) is 9.22. The Morgan fingerprint density at radius 2 is 1.92 bits per heavy atom. The molecule has 3 rings (SSSR count). The normalized spacial score (nSPS) is 22.1. The van der Waals surface area contributed by atoms with Crippen molar-refractivity contribution in [2.24, 2.45) is 0 Å². The topological polar surface area (TPSA) is 87.7 Å². The smallest absolute Gasteiger partial charge is 0.243 e. The van der Waals surface area contributed by atoms with Crippen LogP contribution in [-0.4, -0.2) is 57.5 Å². The van der Waals surface area contributed by atoms with Gasteiger partial charge in [-0.3, -0.25) is 4.79 Å². The molecule has 1 atom stereocenters. The zero-order valence-electron chi connectivity index (χ0n) is 14.9. The average molecular weight is 381 g/mol. The number of carbonyl (C=O) groups excluding carboxylic acids is 1. The number of nitrogens with zero attached hydrogens (tertiary/aromatic N) is 1. The predicted octanol–water partition coefficient (Wildman–Crippen LogP) is 0.856. The molecule has 0 radical (unpaired) electrons. The molecule has 2 aliphatic rings. The molecule has 1 amide bonds. The minimum atomic E-state index is -3.41. The number of sulfonamides is 1. The molecule has 0 bridgehead atoms. The van der Waals surface area contributed by atoms with Crippen LogP contribution >= 0.6 is 0 Å². The summed E-state index contributed by atoms with van der Waals surface area (Å²) in [5.74, 6) is -0.0435. The van der Waals surface area contributed by atoms with Gasteiger partial charge in [-0.2, -0.15) is 4.31 Å². The van der Waals surface area contributed by atoms with E-state index in [1.807, 2.05) is 0 Å². The largest absolute Gasteiger partial charge is 0.378 e. The molecule has 2 fully saturated rings. The maximum atomic E-state index is 12.6. The van der Waals surface area contributed by atoms with Gasteiger partial charge in [0.2, 0.25) is 15.9 Å². The maximum Gasteiger partial charge on any atom is 0.243 e. The summed E-state index contributed by atoms with van der Waals surface area (Å²) < 4.78 is 32.1. The molecule has 1 aromatic carbocycles. The van der Waals surface area contributed by atoms with Gasteiger partial charge in [0, 0.05) is 38.6 Å². The quantitative estimate of drug-likeness (QED) is 0.763. The molecule has 2 saturated heterocycles. The molecular formula is C18H27N3O4S. The van der Waals surface area contributed by atoms with E-state index >= 15 is 0 Å². The monoisotopic (exact) mass is 381 g/mol. The number of hydrogen-bond donors (Lipinski definition) is 2. The first-order valence-corrected chi connectivity index (χ1v) is 10.7. The van der Waals surface area contributed by atoms with Gasteiger partial charge in [0.15, 0.2) is 0 Å². The van der Waals surface area contributed by atoms with E-state index in [1.54, 1.807) is 28.6 Å². The highest BCUT2D eigenvalue weighted by Gasteiger charge is 2.25. The van der Waals surface area contributed by atoms with Crippen molar-refractivity contribution >= 4 is 15.9 Å². The zero-order chi connectivity index (χ0) is 18.4. The highest BCUT2D eigenvalue weighted by atomic mass is 32.2. The number of benzene rings is 1. The first kappa shape index (κ1) is 19.3. The lowest BCUT2D eigenvalue weighted by molar-refractivity contribution is -0.122. The van der Waals surface area contributed by atoms with Gasteiger partial charge >= 0.3 is 0 Å². The minimum Gasteiger partial charge on any atom is -0.378 e. The van der Waals surface area contributed by atoms with Crippen molar-refractivity contribution < 1.29 is 17.9 Å². The molecule has 144 valence electrons. The number of rotatable bonds is 6. The fourth-order valence-corrected chi connectivity index (χ4v) is 4.80. The van der Waals surface area contributed by atoms with E-state index in [4.69, 9.17) is 4.74 Å². The van der Waals surface area contributed by atoms with Crippen LogP contribution < -0.4 is 10.6 Å². The van der Waals surface area contributed by atoms with Gasteiger partial charge in [-0.25, -0.2) is 8.42 Å². The van der Waals surface area contributed by atoms with E-state index in [0.717, 1.165) is 31.4 Å². The van der Waals surface area contributed by atoms with Crippen molar-refractivity contribution in [3.63, 3.8) is 0 Å². The van der Waals surface area contributed by atoms with Gasteiger partial charge in [0.25, 0.3) is 0 Å². The lowest BCUT2D eigenvalue weighted by Crippen LogP contribution is -2.44. The Hall–Kier alpha value is -1.48. The van der Waals surface area contributed by atoms with Gasteiger partial charge in [-0.1, -0.05) is 18.6 Å². The summed E-state index contributed by atoms with van der Waals surface area (Å²) in [6, 6.07) is 6.84. The Balaban J connectivity index is 1.51. The van der Waals surface area contributed by atoms with Gasteiger partial charge < -0.3 is 15.4 Å². The molecule has 8 heteroatoms. The molecule has 1 aromatic rings. The Bertz CT molecular complexity index is 694. The van der Waals surface area contributed by atoms with Gasteiger partial charge in [0.1, 0.15) is 0 Å². The summed E-state index contributed by atoms with van der Waals surface area (Å²) in [7, 11) is -3.41. The third-order valence-electron chi connectivity index (χ3n) is 4.80. The number of piperidine rings is 1. The van der Waals surface area contributed by atoms with Crippen molar-refractivity contribution in [3.05, 3.63) is 29.8 Å². The summed E-state index contributed by atoms with van der Waals surface area (Å²) in [6.07, 6.45) is 3.31. The van der Waals surface area contributed by atoms with Crippen LogP contribution in [0.5, 0.6) is 0 Å². The second-order valence-electron chi connectivity index (χ2n) is 6.82. The van der Waals surface area contributed by atoms with E-state index in [2.05, 4.69) is 10.6 Å². The molecule has 1 unspecified atom stereocenters. The Morgan fingerprint density at radius 3 is 2.58 bits per heavy atom. The lowest BCUT2D eigenvalue weighted by atomic mass is 10.2. The number of carbonyl (C=O) groups is 1. The van der Waals surface area contributed by atoms with Gasteiger partial charge in [-0.15, -0.1) is 0 Å². The summed E-state index contributed by atoms with van der Waals surface area (Å²) in [5, 5.41) is 6.12. The van der Waals surface area contributed by atoms with Crippen molar-refractivity contribution in [1.29, 1.82) is 0 Å². The molecule has 0 saturated carbocycles. The standard InChI is InChI=1S/C18H27N3O4S/c22-18(12-16-14-25-11-8-19-16)20-13-15-4-6-17(7-5-15)26(23,24)21-9-2-1-3-10-21/h4-7,16,19H,1-3,8-14H2,(H,20,22). The van der Waals surface area contributed by atoms with Crippen LogP contribution in [0, 0.1) is 0 Å². The van der Waals surface area contributed by atoms with E-state index in [0.29, 0.717) is 44.2 Å². The van der Waals surface area contributed by atoms with Crippen molar-refractivity contribution in [2.45, 2.75) is 43.2 Å². The van der Waals surface area contributed by atoms with Crippen LogP contribution in [0.1, 0.15) is 31.2 Å².